The van der Waals surface area contributed by atoms with Gasteiger partial charge in [-0.1, -0.05) is 48.5 Å². The fraction of sp³-hybridized carbons (Fsp3) is 0.107. The summed E-state index contributed by atoms with van der Waals surface area (Å²) >= 11 is 0. The second-order valence-electron chi connectivity index (χ2n) is 9.16. The highest BCUT2D eigenvalue weighted by atomic mass is 15.2. The van der Waals surface area contributed by atoms with Gasteiger partial charge in [0.1, 0.15) is 11.1 Å². The first-order valence-corrected chi connectivity index (χ1v) is 11.6. The molecule has 0 saturated carbocycles. The molecule has 0 aromatic heterocycles. The van der Waals surface area contributed by atoms with Crippen molar-refractivity contribution in [3.63, 3.8) is 0 Å². The van der Waals surface area contributed by atoms with E-state index in [9.17, 15) is 0 Å². The second kappa shape index (κ2) is 8.51. The molecule has 0 bridgehead atoms. The predicted octanol–water partition coefficient (Wildman–Crippen LogP) is 2.45. The first-order valence-electron chi connectivity index (χ1n) is 11.6. The summed E-state index contributed by atoms with van der Waals surface area (Å²) in [6.45, 7) is 0. The molecule has 8 heteroatoms. The topological polar surface area (TPSA) is 181 Å². The lowest BCUT2D eigenvalue weighted by Gasteiger charge is -2.52. The number of nitrogens with zero attached hydrogens (tertiary/aromatic N) is 1. The minimum atomic E-state index is -1.08. The van der Waals surface area contributed by atoms with Crippen LogP contribution in [0.2, 0.25) is 0 Å². The van der Waals surface area contributed by atoms with E-state index in [0.717, 1.165) is 22.3 Å². The number of nitrogens with two attached hydrogens (primary N) is 6. The average molecular weight is 479 g/mol. The van der Waals surface area contributed by atoms with E-state index < -0.39 is 17.1 Å². The minimum absolute atomic E-state index is 0.235. The largest absolute Gasteiger partial charge is 0.399 e. The number of aliphatic imine (C=N–C) groups is 1. The molecule has 13 N–H and O–H groups in total. The monoisotopic (exact) mass is 478 g/mol. The Hall–Kier alpha value is -4.69. The predicted molar refractivity (Wildman–Crippen MR) is 148 cm³/mol. The summed E-state index contributed by atoms with van der Waals surface area (Å²) in [5, 5.41) is 3.44. The van der Waals surface area contributed by atoms with Gasteiger partial charge in [0.2, 0.25) is 0 Å². The van der Waals surface area contributed by atoms with Gasteiger partial charge in [0, 0.05) is 22.7 Å². The summed E-state index contributed by atoms with van der Waals surface area (Å²) in [6, 6.07) is 29.6. The second-order valence-corrected chi connectivity index (χ2v) is 9.16. The SMILES string of the molecule is NC1=NC(c2ccc(N)cc2)(c2ccc(N)cc2)C(N)C(c2ccc(N)cc2)(c2ccc(N)cc2)N1. The Morgan fingerprint density at radius 2 is 0.806 bits per heavy atom. The third kappa shape index (κ3) is 3.55. The average Bonchev–Trinajstić information content (AvgIpc) is 2.87. The van der Waals surface area contributed by atoms with E-state index in [1.807, 2.05) is 97.1 Å². The molecule has 0 saturated heterocycles. The first kappa shape index (κ1) is 23.1. The van der Waals surface area contributed by atoms with Crippen molar-refractivity contribution in [2.24, 2.45) is 16.5 Å². The molecule has 1 heterocycles. The van der Waals surface area contributed by atoms with Gasteiger partial charge in [-0.05, 0) is 70.8 Å². The van der Waals surface area contributed by atoms with Gasteiger partial charge in [-0.25, -0.2) is 4.99 Å². The van der Waals surface area contributed by atoms with E-state index in [0.29, 0.717) is 22.7 Å². The van der Waals surface area contributed by atoms with Crippen LogP contribution in [0.5, 0.6) is 0 Å². The number of hydrogen-bond donors (Lipinski definition) is 7. The molecule has 1 atom stereocenters. The van der Waals surface area contributed by atoms with Gasteiger partial charge in [-0.3, -0.25) is 0 Å². The van der Waals surface area contributed by atoms with E-state index in [1.54, 1.807) is 0 Å². The Labute approximate surface area is 210 Å². The van der Waals surface area contributed by atoms with Gasteiger partial charge in [0.05, 0.1) is 6.04 Å². The van der Waals surface area contributed by atoms with Crippen LogP contribution >= 0.6 is 0 Å². The molecule has 0 fully saturated rings. The molecule has 0 amide bonds. The fourth-order valence-corrected chi connectivity index (χ4v) is 5.17. The zero-order chi connectivity index (χ0) is 25.5. The molecule has 4 aromatic carbocycles. The highest BCUT2D eigenvalue weighted by Crippen LogP contribution is 2.48. The number of anilines is 4. The van der Waals surface area contributed by atoms with Gasteiger partial charge < -0.3 is 39.7 Å². The first-order chi connectivity index (χ1) is 17.3. The molecule has 0 radical (unpaired) electrons. The zero-order valence-corrected chi connectivity index (χ0v) is 19.7. The third-order valence-electron chi connectivity index (χ3n) is 6.97. The summed E-state index contributed by atoms with van der Waals surface area (Å²) in [7, 11) is 0. The van der Waals surface area contributed by atoms with E-state index >= 15 is 0 Å². The maximum Gasteiger partial charge on any atom is 0.190 e. The molecule has 182 valence electrons. The van der Waals surface area contributed by atoms with Gasteiger partial charge in [-0.2, -0.15) is 0 Å². The lowest BCUT2D eigenvalue weighted by Crippen LogP contribution is -2.70. The quantitative estimate of drug-likeness (QED) is 0.220. The molecular formula is C28H30N8. The van der Waals surface area contributed by atoms with Crippen molar-refractivity contribution in [3.05, 3.63) is 119 Å². The summed E-state index contributed by atoms with van der Waals surface area (Å²) in [5.41, 5.74) is 42.1. The van der Waals surface area contributed by atoms with E-state index in [4.69, 9.17) is 39.4 Å². The van der Waals surface area contributed by atoms with Crippen LogP contribution in [-0.4, -0.2) is 12.0 Å². The highest BCUT2D eigenvalue weighted by molar-refractivity contribution is 5.83. The Morgan fingerprint density at radius 3 is 1.14 bits per heavy atom. The van der Waals surface area contributed by atoms with Gasteiger partial charge >= 0.3 is 0 Å². The molecule has 5 rings (SSSR count). The number of nitrogens with one attached hydrogen (secondary N) is 1. The molecule has 1 unspecified atom stereocenters. The van der Waals surface area contributed by atoms with Gasteiger partial charge in [-0.15, -0.1) is 0 Å². The Morgan fingerprint density at radius 1 is 0.500 bits per heavy atom. The Bertz CT molecular complexity index is 1300. The fourth-order valence-electron chi connectivity index (χ4n) is 5.17. The number of rotatable bonds is 4. The lowest BCUT2D eigenvalue weighted by molar-refractivity contribution is 0.255. The minimum Gasteiger partial charge on any atom is -0.399 e. The third-order valence-corrected chi connectivity index (χ3v) is 6.97. The maximum absolute atomic E-state index is 7.39. The molecule has 4 aromatic rings. The van der Waals surface area contributed by atoms with Crippen LogP contribution in [0.1, 0.15) is 22.3 Å². The number of nitrogen functional groups attached to an aromatic ring is 4. The zero-order valence-electron chi connectivity index (χ0n) is 19.7. The molecule has 0 aliphatic carbocycles. The van der Waals surface area contributed by atoms with Crippen molar-refractivity contribution in [1.29, 1.82) is 0 Å². The van der Waals surface area contributed by atoms with E-state index in [2.05, 4.69) is 5.32 Å². The van der Waals surface area contributed by atoms with Crippen molar-refractivity contribution >= 4 is 28.7 Å². The van der Waals surface area contributed by atoms with Crippen LogP contribution in [0.15, 0.2) is 102 Å². The maximum atomic E-state index is 7.39. The summed E-state index contributed by atoms with van der Waals surface area (Å²) in [6.07, 6.45) is 0. The summed E-state index contributed by atoms with van der Waals surface area (Å²) in [5.74, 6) is 0.235. The summed E-state index contributed by atoms with van der Waals surface area (Å²) < 4.78 is 0. The Kier molecular flexibility index (Phi) is 5.45. The van der Waals surface area contributed by atoms with Crippen LogP contribution in [0.3, 0.4) is 0 Å². The van der Waals surface area contributed by atoms with Gasteiger partial charge in [0.25, 0.3) is 0 Å². The molecule has 36 heavy (non-hydrogen) atoms. The van der Waals surface area contributed by atoms with E-state index in [1.165, 1.54) is 0 Å². The molecule has 0 spiro atoms. The highest BCUT2D eigenvalue weighted by Gasteiger charge is 2.56. The molecule has 1 aliphatic heterocycles. The Balaban J connectivity index is 1.86. The lowest BCUT2D eigenvalue weighted by atomic mass is 9.64. The van der Waals surface area contributed by atoms with Crippen molar-refractivity contribution < 1.29 is 0 Å². The normalized spacial score (nSPS) is 18.1. The summed E-state index contributed by atoms with van der Waals surface area (Å²) in [4.78, 5) is 5.00. The van der Waals surface area contributed by atoms with Crippen LogP contribution < -0.4 is 39.7 Å². The van der Waals surface area contributed by atoms with Crippen LogP contribution in [-0.2, 0) is 11.1 Å². The standard InChI is InChI=1S/C28H30N8/c29-21-9-1-17(2-10-21)27(18-3-11-22(30)12-4-18)25(33)28(36-26(34)35-27,19-5-13-23(31)14-6-19)20-7-15-24(32)16-8-20/h1-16,25H,29-33H2,(H3,34,35,36). The number of benzene rings is 4. The van der Waals surface area contributed by atoms with E-state index in [-0.39, 0.29) is 5.96 Å². The van der Waals surface area contributed by atoms with Crippen molar-refractivity contribution in [1.82, 2.24) is 5.32 Å². The smallest absolute Gasteiger partial charge is 0.190 e. The van der Waals surface area contributed by atoms with Crippen LogP contribution in [0, 0.1) is 0 Å². The van der Waals surface area contributed by atoms with Crippen molar-refractivity contribution in [3.8, 4) is 0 Å². The van der Waals surface area contributed by atoms with Crippen molar-refractivity contribution in [2.45, 2.75) is 17.1 Å². The molecule has 8 nitrogen and oxygen atoms in total. The molecule has 1 aliphatic rings. The van der Waals surface area contributed by atoms with Crippen molar-refractivity contribution in [2.75, 3.05) is 22.9 Å². The van der Waals surface area contributed by atoms with Crippen LogP contribution in [0.4, 0.5) is 22.7 Å². The molecular weight excluding hydrogens is 448 g/mol. The number of hydrogen-bond acceptors (Lipinski definition) is 8. The van der Waals surface area contributed by atoms with Crippen LogP contribution in [0.25, 0.3) is 0 Å². The van der Waals surface area contributed by atoms with Gasteiger partial charge in [0.15, 0.2) is 5.96 Å². The number of guanidine groups is 1.